The molecule has 0 amide bonds. The summed E-state index contributed by atoms with van der Waals surface area (Å²) in [5.41, 5.74) is 3.56. The second kappa shape index (κ2) is 6.32. The van der Waals surface area contributed by atoms with Crippen molar-refractivity contribution in [2.75, 3.05) is 0 Å². The van der Waals surface area contributed by atoms with Crippen molar-refractivity contribution in [1.82, 2.24) is 9.97 Å². The molecule has 0 aliphatic carbocycles. The fraction of sp³-hybridized carbons (Fsp3) is 0.0952. The van der Waals surface area contributed by atoms with Crippen molar-refractivity contribution in [3.63, 3.8) is 0 Å². The Bertz CT molecular complexity index is 1040. The smallest absolute Gasteiger partial charge is 0.181 e. The van der Waals surface area contributed by atoms with Gasteiger partial charge in [-0.2, -0.15) is 0 Å². The molecule has 4 aromatic rings. The Balaban J connectivity index is 1.63. The van der Waals surface area contributed by atoms with Gasteiger partial charge in [-0.25, -0.2) is 4.98 Å². The molecule has 0 N–H and O–H groups in total. The molecule has 25 heavy (non-hydrogen) atoms. The summed E-state index contributed by atoms with van der Waals surface area (Å²) >= 11 is 0. The third kappa shape index (κ3) is 3.19. The van der Waals surface area contributed by atoms with Crippen LogP contribution in [0.25, 0.3) is 22.1 Å². The number of carbonyl (C=O) groups is 1. The Morgan fingerprint density at radius 1 is 1.00 bits per heavy atom. The van der Waals surface area contributed by atoms with Crippen molar-refractivity contribution in [3.05, 3.63) is 84.1 Å². The number of pyridine rings is 1. The van der Waals surface area contributed by atoms with Crippen LogP contribution in [0, 0.1) is 6.92 Å². The summed E-state index contributed by atoms with van der Waals surface area (Å²) in [6.07, 6.45) is 5.19. The largest absolute Gasteiger partial charge is 0.444 e. The van der Waals surface area contributed by atoms with Gasteiger partial charge in [0.05, 0.1) is 12.6 Å². The van der Waals surface area contributed by atoms with Gasteiger partial charge in [-0.05, 0) is 24.4 Å². The number of aromatic nitrogens is 2. The first-order valence-corrected chi connectivity index (χ1v) is 8.06. The molecular weight excluding hydrogens is 312 g/mol. The summed E-state index contributed by atoms with van der Waals surface area (Å²) in [4.78, 5) is 20.8. The van der Waals surface area contributed by atoms with E-state index in [4.69, 9.17) is 4.42 Å². The van der Waals surface area contributed by atoms with Crippen LogP contribution >= 0.6 is 0 Å². The molecule has 0 bridgehead atoms. The molecule has 122 valence electrons. The summed E-state index contributed by atoms with van der Waals surface area (Å²) in [5, 5.41) is 2.05. The highest BCUT2D eigenvalue weighted by atomic mass is 16.3. The molecule has 2 heterocycles. The maximum atomic E-state index is 12.5. The number of carbonyl (C=O) groups excluding carboxylic acids is 1. The molecule has 0 spiro atoms. The van der Waals surface area contributed by atoms with Crippen molar-refractivity contribution < 1.29 is 9.21 Å². The van der Waals surface area contributed by atoms with Crippen molar-refractivity contribution >= 4 is 16.6 Å². The normalized spacial score (nSPS) is 10.9. The van der Waals surface area contributed by atoms with Gasteiger partial charge >= 0.3 is 0 Å². The molecule has 0 aliphatic rings. The van der Waals surface area contributed by atoms with Crippen LogP contribution in [0.4, 0.5) is 0 Å². The minimum absolute atomic E-state index is 0.0678. The molecule has 0 saturated heterocycles. The lowest BCUT2D eigenvalue weighted by atomic mass is 10.0. The number of Topliss-reactive ketones (excluding diaryl/α,β-unsaturated/α-hetero) is 1. The van der Waals surface area contributed by atoms with Gasteiger partial charge in [-0.3, -0.25) is 9.78 Å². The second-order valence-corrected chi connectivity index (χ2v) is 6.07. The van der Waals surface area contributed by atoms with Gasteiger partial charge in [-0.1, -0.05) is 42.0 Å². The summed E-state index contributed by atoms with van der Waals surface area (Å²) in [5.74, 6) is 0.786. The summed E-state index contributed by atoms with van der Waals surface area (Å²) in [7, 11) is 0. The summed E-state index contributed by atoms with van der Waals surface area (Å²) in [6.45, 7) is 2.01. The van der Waals surface area contributed by atoms with Gasteiger partial charge in [0.25, 0.3) is 0 Å². The number of benzene rings is 2. The number of rotatable bonds is 4. The van der Waals surface area contributed by atoms with E-state index in [1.807, 2.05) is 55.5 Å². The van der Waals surface area contributed by atoms with Gasteiger partial charge < -0.3 is 4.42 Å². The van der Waals surface area contributed by atoms with Crippen LogP contribution in [-0.2, 0) is 6.42 Å². The minimum atomic E-state index is 0.0678. The lowest BCUT2D eigenvalue weighted by Gasteiger charge is -2.05. The van der Waals surface area contributed by atoms with E-state index in [9.17, 15) is 4.79 Å². The highest BCUT2D eigenvalue weighted by molar-refractivity contribution is 5.98. The average molecular weight is 328 g/mol. The van der Waals surface area contributed by atoms with Gasteiger partial charge in [0.2, 0.25) is 0 Å². The number of hydrogen-bond acceptors (Lipinski definition) is 4. The van der Waals surface area contributed by atoms with Crippen molar-refractivity contribution in [1.29, 1.82) is 0 Å². The predicted octanol–water partition coefficient (Wildman–Crippen LogP) is 4.62. The van der Waals surface area contributed by atoms with Crippen molar-refractivity contribution in [2.45, 2.75) is 13.3 Å². The molecule has 0 saturated carbocycles. The predicted molar refractivity (Wildman–Crippen MR) is 96.5 cm³/mol. The highest BCUT2D eigenvalue weighted by Gasteiger charge is 2.09. The fourth-order valence-corrected chi connectivity index (χ4v) is 2.80. The maximum absolute atomic E-state index is 12.5. The lowest BCUT2D eigenvalue weighted by Crippen LogP contribution is -2.05. The molecule has 4 nitrogen and oxygen atoms in total. The van der Waals surface area contributed by atoms with Crippen LogP contribution in [0.1, 0.15) is 21.6 Å². The van der Waals surface area contributed by atoms with E-state index in [0.29, 0.717) is 5.56 Å². The zero-order valence-electron chi connectivity index (χ0n) is 13.8. The van der Waals surface area contributed by atoms with Gasteiger partial charge in [0.1, 0.15) is 0 Å². The van der Waals surface area contributed by atoms with Gasteiger partial charge in [0.15, 0.2) is 17.9 Å². The first kappa shape index (κ1) is 15.3. The molecule has 2 aromatic carbocycles. The van der Waals surface area contributed by atoms with E-state index >= 15 is 0 Å². The molecular formula is C21H16N2O2. The first-order chi connectivity index (χ1) is 12.2. The Morgan fingerprint density at radius 3 is 2.60 bits per heavy atom. The Hall–Kier alpha value is -3.27. The number of oxazole rings is 1. The minimum Gasteiger partial charge on any atom is -0.444 e. The zero-order chi connectivity index (χ0) is 17.2. The SMILES string of the molecule is Cc1ccc(C(=O)Cc2cc3cc(-c4cnco4)ccc3cn2)cc1. The van der Waals surface area contributed by atoms with Crippen LogP contribution in [-0.4, -0.2) is 15.8 Å². The second-order valence-electron chi connectivity index (χ2n) is 6.07. The van der Waals surface area contributed by atoms with Crippen LogP contribution in [0.2, 0.25) is 0 Å². The fourth-order valence-electron chi connectivity index (χ4n) is 2.80. The number of fused-ring (bicyclic) bond motifs is 1. The number of nitrogens with zero attached hydrogens (tertiary/aromatic N) is 2. The van der Waals surface area contributed by atoms with Crippen LogP contribution in [0.15, 0.2) is 71.7 Å². The number of aryl methyl sites for hydroxylation is 1. The van der Waals surface area contributed by atoms with Crippen LogP contribution in [0.5, 0.6) is 0 Å². The molecule has 0 fully saturated rings. The van der Waals surface area contributed by atoms with E-state index in [2.05, 4.69) is 9.97 Å². The zero-order valence-corrected chi connectivity index (χ0v) is 13.8. The number of hydrogen-bond donors (Lipinski definition) is 0. The van der Waals surface area contributed by atoms with E-state index in [0.717, 1.165) is 33.4 Å². The van der Waals surface area contributed by atoms with E-state index in [1.165, 1.54) is 6.39 Å². The molecule has 0 aliphatic heterocycles. The lowest BCUT2D eigenvalue weighted by molar-refractivity contribution is 0.0992. The average Bonchev–Trinajstić information content (AvgIpc) is 3.16. The Kier molecular flexibility index (Phi) is 3.86. The van der Waals surface area contributed by atoms with Crippen LogP contribution in [0.3, 0.4) is 0 Å². The Labute approximate surface area is 145 Å². The summed E-state index contributed by atoms with van der Waals surface area (Å²) in [6, 6.07) is 15.6. The van der Waals surface area contributed by atoms with Crippen molar-refractivity contribution in [2.24, 2.45) is 0 Å². The molecule has 0 atom stereocenters. The monoisotopic (exact) mass is 328 g/mol. The first-order valence-electron chi connectivity index (χ1n) is 8.06. The molecule has 0 radical (unpaired) electrons. The van der Waals surface area contributed by atoms with E-state index < -0.39 is 0 Å². The third-order valence-corrected chi connectivity index (χ3v) is 4.21. The van der Waals surface area contributed by atoms with E-state index in [1.54, 1.807) is 12.4 Å². The summed E-state index contributed by atoms with van der Waals surface area (Å²) < 4.78 is 5.35. The number of ketones is 1. The molecule has 2 aromatic heterocycles. The Morgan fingerprint density at radius 2 is 1.84 bits per heavy atom. The maximum Gasteiger partial charge on any atom is 0.181 e. The van der Waals surface area contributed by atoms with Crippen LogP contribution < -0.4 is 0 Å². The molecule has 4 rings (SSSR count). The molecule has 4 heteroatoms. The molecule has 0 unspecified atom stereocenters. The highest BCUT2D eigenvalue weighted by Crippen LogP contribution is 2.24. The quantitative estimate of drug-likeness (QED) is 0.513. The van der Waals surface area contributed by atoms with Gasteiger partial charge in [0, 0.05) is 28.4 Å². The topological polar surface area (TPSA) is 56.0 Å². The van der Waals surface area contributed by atoms with Crippen molar-refractivity contribution in [3.8, 4) is 11.3 Å². The van der Waals surface area contributed by atoms with Gasteiger partial charge in [-0.15, -0.1) is 0 Å². The third-order valence-electron chi connectivity index (χ3n) is 4.21. The standard InChI is InChI=1S/C21H16N2O2/c1-14-2-4-15(5-3-14)20(24)10-19-9-18-8-16(21-12-22-13-25-21)6-7-17(18)11-23-19/h2-9,11-13H,10H2,1H3. The van der Waals surface area contributed by atoms with E-state index in [-0.39, 0.29) is 12.2 Å².